The lowest BCUT2D eigenvalue weighted by Crippen LogP contribution is -2.23. The van der Waals surface area contributed by atoms with Crippen LogP contribution in [0.5, 0.6) is 0 Å². The van der Waals surface area contributed by atoms with Crippen molar-refractivity contribution < 1.29 is 4.79 Å². The van der Waals surface area contributed by atoms with Gasteiger partial charge in [-0.2, -0.15) is 10.2 Å². The number of rotatable bonds is 4. The Kier molecular flexibility index (Phi) is 3.38. The third kappa shape index (κ3) is 2.92. The van der Waals surface area contributed by atoms with E-state index in [1.165, 1.54) is 0 Å². The second-order valence-electron chi connectivity index (χ2n) is 4.51. The monoisotopic (exact) mass is 282 g/mol. The van der Waals surface area contributed by atoms with Gasteiger partial charge >= 0.3 is 0 Å². The van der Waals surface area contributed by atoms with Crippen molar-refractivity contribution in [2.24, 2.45) is 0 Å². The van der Waals surface area contributed by atoms with Crippen LogP contribution in [0, 0.1) is 0 Å². The van der Waals surface area contributed by atoms with Crippen molar-refractivity contribution >= 4 is 11.6 Å². The van der Waals surface area contributed by atoms with Gasteiger partial charge in [0.1, 0.15) is 0 Å². The Balaban J connectivity index is 1.71. The highest BCUT2D eigenvalue weighted by Crippen LogP contribution is 2.11. The van der Waals surface area contributed by atoms with Gasteiger partial charge in [-0.1, -0.05) is 6.07 Å². The number of hydrogen-bond donors (Lipinski definition) is 3. The molecule has 0 bridgehead atoms. The fourth-order valence-electron chi connectivity index (χ4n) is 1.91. The lowest BCUT2D eigenvalue weighted by molar-refractivity contribution is 0.0945. The molecule has 21 heavy (non-hydrogen) atoms. The molecule has 3 rings (SSSR count). The molecule has 0 radical (unpaired) electrons. The number of hydrogen-bond acceptors (Lipinski definition) is 4. The second kappa shape index (κ2) is 5.49. The van der Waals surface area contributed by atoms with Crippen LogP contribution in [0.25, 0.3) is 5.69 Å². The average molecular weight is 282 g/mol. The van der Waals surface area contributed by atoms with Crippen LogP contribution < -0.4 is 11.1 Å². The highest BCUT2D eigenvalue weighted by Gasteiger charge is 2.10. The summed E-state index contributed by atoms with van der Waals surface area (Å²) in [6.45, 7) is 0.379. The lowest BCUT2D eigenvalue weighted by Gasteiger charge is -2.03. The van der Waals surface area contributed by atoms with E-state index in [1.54, 1.807) is 41.3 Å². The minimum Gasteiger partial charge on any atom is -0.399 e. The molecule has 7 nitrogen and oxygen atoms in total. The first-order valence-corrected chi connectivity index (χ1v) is 6.40. The van der Waals surface area contributed by atoms with Gasteiger partial charge in [-0.05, 0) is 30.3 Å². The predicted octanol–water partition coefficient (Wildman–Crippen LogP) is 1.11. The maximum atomic E-state index is 12.0. The number of H-pyrrole nitrogens is 1. The van der Waals surface area contributed by atoms with Crippen molar-refractivity contribution in [3.05, 3.63) is 60.2 Å². The Labute approximate surface area is 120 Å². The fraction of sp³-hybridized carbons (Fsp3) is 0.0714. The van der Waals surface area contributed by atoms with Crippen molar-refractivity contribution in [1.29, 1.82) is 0 Å². The summed E-state index contributed by atoms with van der Waals surface area (Å²) in [5, 5.41) is 13.6. The number of amides is 1. The zero-order chi connectivity index (χ0) is 14.7. The lowest BCUT2D eigenvalue weighted by atomic mass is 10.3. The fourth-order valence-corrected chi connectivity index (χ4v) is 1.91. The number of nitrogens with two attached hydrogens (primary N) is 1. The molecule has 0 saturated carbocycles. The maximum absolute atomic E-state index is 12.0. The van der Waals surface area contributed by atoms with Crippen LogP contribution in [0.3, 0.4) is 0 Å². The molecule has 3 aromatic rings. The molecule has 7 heteroatoms. The van der Waals surface area contributed by atoms with E-state index < -0.39 is 0 Å². The molecule has 0 aliphatic carbocycles. The number of nitrogens with zero attached hydrogens (tertiary/aromatic N) is 3. The van der Waals surface area contributed by atoms with Gasteiger partial charge in [0, 0.05) is 18.1 Å². The summed E-state index contributed by atoms with van der Waals surface area (Å²) in [5.41, 5.74) is 8.37. The Morgan fingerprint density at radius 1 is 1.33 bits per heavy atom. The van der Waals surface area contributed by atoms with Crippen molar-refractivity contribution in [3.8, 4) is 5.69 Å². The maximum Gasteiger partial charge on any atom is 0.272 e. The van der Waals surface area contributed by atoms with E-state index in [2.05, 4.69) is 20.6 Å². The highest BCUT2D eigenvalue weighted by molar-refractivity contribution is 5.92. The molecule has 0 saturated heterocycles. The number of aromatic amines is 1. The zero-order valence-corrected chi connectivity index (χ0v) is 11.2. The third-order valence-corrected chi connectivity index (χ3v) is 2.95. The van der Waals surface area contributed by atoms with Gasteiger partial charge in [0.2, 0.25) is 0 Å². The quantitative estimate of drug-likeness (QED) is 0.624. The van der Waals surface area contributed by atoms with E-state index >= 15 is 0 Å². The van der Waals surface area contributed by atoms with Gasteiger partial charge in [0.05, 0.1) is 17.9 Å². The minimum absolute atomic E-state index is 0.243. The van der Waals surface area contributed by atoms with Gasteiger partial charge in [-0.3, -0.25) is 9.89 Å². The zero-order valence-electron chi connectivity index (χ0n) is 11.2. The van der Waals surface area contributed by atoms with Crippen LogP contribution in [0.4, 0.5) is 5.69 Å². The van der Waals surface area contributed by atoms with Crippen LogP contribution in [0.1, 0.15) is 16.2 Å². The first kappa shape index (κ1) is 12.9. The summed E-state index contributed by atoms with van der Waals surface area (Å²) in [6.07, 6.45) is 3.36. The van der Waals surface area contributed by atoms with Gasteiger partial charge in [0.25, 0.3) is 5.91 Å². The van der Waals surface area contributed by atoms with E-state index in [9.17, 15) is 4.79 Å². The molecule has 0 aliphatic rings. The summed E-state index contributed by atoms with van der Waals surface area (Å²) >= 11 is 0. The van der Waals surface area contributed by atoms with Crippen molar-refractivity contribution in [3.63, 3.8) is 0 Å². The summed E-state index contributed by atoms with van der Waals surface area (Å²) in [6, 6.07) is 10.8. The number of carbonyl (C=O) groups excluding carboxylic acids is 1. The Hall–Kier alpha value is -3.09. The van der Waals surface area contributed by atoms with Crippen LogP contribution in [-0.2, 0) is 6.54 Å². The smallest absolute Gasteiger partial charge is 0.272 e. The van der Waals surface area contributed by atoms with Crippen LogP contribution in [0.15, 0.2) is 48.8 Å². The van der Waals surface area contributed by atoms with E-state index in [0.717, 1.165) is 11.4 Å². The van der Waals surface area contributed by atoms with Gasteiger partial charge in [-0.25, -0.2) is 4.68 Å². The molecular formula is C14H14N6O. The van der Waals surface area contributed by atoms with Gasteiger partial charge in [-0.15, -0.1) is 0 Å². The molecule has 2 aromatic heterocycles. The second-order valence-corrected chi connectivity index (χ2v) is 4.51. The minimum atomic E-state index is -0.243. The summed E-state index contributed by atoms with van der Waals surface area (Å²) in [4.78, 5) is 12.0. The third-order valence-electron chi connectivity index (χ3n) is 2.95. The first-order valence-electron chi connectivity index (χ1n) is 6.40. The van der Waals surface area contributed by atoms with Crippen LogP contribution in [-0.4, -0.2) is 25.9 Å². The molecule has 2 heterocycles. The van der Waals surface area contributed by atoms with Crippen molar-refractivity contribution in [2.75, 3.05) is 5.73 Å². The van der Waals surface area contributed by atoms with Crippen molar-refractivity contribution in [2.45, 2.75) is 6.54 Å². The molecular weight excluding hydrogens is 268 g/mol. The summed E-state index contributed by atoms with van der Waals surface area (Å²) in [7, 11) is 0. The Morgan fingerprint density at radius 3 is 3.00 bits per heavy atom. The number of carbonyl (C=O) groups is 1. The van der Waals surface area contributed by atoms with Gasteiger partial charge in [0.15, 0.2) is 5.69 Å². The Morgan fingerprint density at radius 2 is 2.24 bits per heavy atom. The number of nitrogens with one attached hydrogen (secondary N) is 2. The van der Waals surface area contributed by atoms with E-state index in [4.69, 9.17) is 5.73 Å². The normalized spacial score (nSPS) is 10.5. The van der Waals surface area contributed by atoms with Crippen LogP contribution >= 0.6 is 0 Å². The molecule has 4 N–H and O–H groups in total. The van der Waals surface area contributed by atoms with E-state index in [0.29, 0.717) is 17.9 Å². The largest absolute Gasteiger partial charge is 0.399 e. The SMILES string of the molecule is Nc1cccc(-n2ccc(C(=O)NCc3ccn[nH]3)n2)c1. The molecule has 0 aliphatic heterocycles. The van der Waals surface area contributed by atoms with E-state index in [1.807, 2.05) is 12.1 Å². The van der Waals surface area contributed by atoms with Crippen molar-refractivity contribution in [1.82, 2.24) is 25.3 Å². The van der Waals surface area contributed by atoms with Crippen LogP contribution in [0.2, 0.25) is 0 Å². The molecule has 0 unspecified atom stereocenters. The number of aromatic nitrogens is 4. The number of benzene rings is 1. The first-order chi connectivity index (χ1) is 10.2. The topological polar surface area (TPSA) is 102 Å². The molecule has 0 atom stereocenters. The summed E-state index contributed by atoms with van der Waals surface area (Å²) in [5.74, 6) is -0.243. The molecule has 0 fully saturated rings. The molecule has 0 spiro atoms. The van der Waals surface area contributed by atoms with E-state index in [-0.39, 0.29) is 5.91 Å². The molecule has 106 valence electrons. The Bertz CT molecular complexity index is 746. The van der Waals surface area contributed by atoms with Gasteiger partial charge < -0.3 is 11.1 Å². The number of anilines is 1. The molecule has 1 aromatic carbocycles. The highest BCUT2D eigenvalue weighted by atomic mass is 16.1. The molecule has 1 amide bonds. The standard InChI is InChI=1S/C14H14N6O/c15-10-2-1-3-12(8-10)20-7-5-13(19-20)14(21)16-9-11-4-6-17-18-11/h1-8H,9,15H2,(H,16,21)(H,17,18). The summed E-state index contributed by atoms with van der Waals surface area (Å²) < 4.78 is 1.61. The average Bonchev–Trinajstić information content (AvgIpc) is 3.16. The number of nitrogen functional groups attached to an aromatic ring is 1. The predicted molar refractivity (Wildman–Crippen MR) is 77.7 cm³/mol.